The number of hydrogen-bond donors (Lipinski definition) is 0. The second-order valence-electron chi connectivity index (χ2n) is 2.43. The van der Waals surface area contributed by atoms with E-state index in [1.165, 1.54) is 12.1 Å². The van der Waals surface area contributed by atoms with Crippen molar-refractivity contribution in [2.45, 2.75) is 13.8 Å². The highest BCUT2D eigenvalue weighted by Crippen LogP contribution is 2.29. The predicted octanol–water partition coefficient (Wildman–Crippen LogP) is 1.79. The van der Waals surface area contributed by atoms with Gasteiger partial charge in [0.15, 0.2) is 0 Å². The van der Waals surface area contributed by atoms with Gasteiger partial charge in [-0.05, 0) is 11.0 Å². The Bertz CT molecular complexity index is 354. The summed E-state index contributed by atoms with van der Waals surface area (Å²) in [4.78, 5) is 13.4. The summed E-state index contributed by atoms with van der Waals surface area (Å²) in [6, 6.07) is 2.77. The first-order chi connectivity index (χ1) is 7.27. The largest absolute Gasteiger partial charge is 0.483 e. The molecule has 0 aliphatic carbocycles. The molecular weight excluding hydrogens is 200 g/mol. The Kier molecular flexibility index (Phi) is 3.84. The fourth-order valence-electron chi connectivity index (χ4n) is 1.02. The molecule has 1 aromatic heterocycles. The van der Waals surface area contributed by atoms with E-state index in [0.29, 0.717) is 19.0 Å². The zero-order chi connectivity index (χ0) is 11.3. The highest BCUT2D eigenvalue weighted by Gasteiger charge is 2.20. The van der Waals surface area contributed by atoms with E-state index in [0.717, 1.165) is 0 Å². The van der Waals surface area contributed by atoms with Crippen LogP contribution in [-0.4, -0.2) is 23.1 Å². The summed E-state index contributed by atoms with van der Waals surface area (Å²) in [7, 11) is 0. The predicted molar refractivity (Wildman–Crippen MR) is 53.2 cm³/mol. The van der Waals surface area contributed by atoms with Crippen molar-refractivity contribution in [1.82, 2.24) is 4.98 Å². The maximum absolute atomic E-state index is 10.3. The molecule has 0 fully saturated rings. The Morgan fingerprint density at radius 2 is 2.00 bits per heavy atom. The van der Waals surface area contributed by atoms with Crippen LogP contribution in [0.3, 0.4) is 0 Å². The third-order valence-corrected chi connectivity index (χ3v) is 1.58. The Balaban J connectivity index is 0.000000531. The SMILES string of the molecule is CC.O=[N+]([O-])c1ccc2c(n1)OCCO2. The molecule has 1 aliphatic heterocycles. The zero-order valence-corrected chi connectivity index (χ0v) is 8.60. The van der Waals surface area contributed by atoms with Crippen molar-refractivity contribution in [3.8, 4) is 11.6 Å². The molecule has 6 nitrogen and oxygen atoms in total. The maximum atomic E-state index is 10.3. The van der Waals surface area contributed by atoms with Gasteiger partial charge >= 0.3 is 11.7 Å². The second-order valence-corrected chi connectivity index (χ2v) is 2.43. The lowest BCUT2D eigenvalue weighted by molar-refractivity contribution is -0.389. The zero-order valence-electron chi connectivity index (χ0n) is 8.60. The van der Waals surface area contributed by atoms with Crippen molar-refractivity contribution in [3.05, 3.63) is 22.2 Å². The average Bonchev–Trinajstić information content (AvgIpc) is 2.31. The first-order valence-electron chi connectivity index (χ1n) is 4.68. The molecule has 2 heterocycles. The molecule has 0 bridgehead atoms. The molecule has 0 atom stereocenters. The molecule has 0 radical (unpaired) electrons. The van der Waals surface area contributed by atoms with Crippen LogP contribution >= 0.6 is 0 Å². The number of aromatic nitrogens is 1. The highest BCUT2D eigenvalue weighted by atomic mass is 16.6. The van der Waals surface area contributed by atoms with Crippen LogP contribution in [0.4, 0.5) is 5.82 Å². The summed E-state index contributed by atoms with van der Waals surface area (Å²) in [5, 5.41) is 10.3. The van der Waals surface area contributed by atoms with Gasteiger partial charge in [0.2, 0.25) is 5.75 Å². The molecule has 6 heteroatoms. The smallest absolute Gasteiger partial charge is 0.371 e. The van der Waals surface area contributed by atoms with E-state index in [-0.39, 0.29) is 11.7 Å². The lowest BCUT2D eigenvalue weighted by Gasteiger charge is -2.13. The molecular formula is C9H12N2O4. The molecule has 0 saturated heterocycles. The minimum atomic E-state index is -0.571. The molecule has 82 valence electrons. The average molecular weight is 212 g/mol. The number of fused-ring (bicyclic) bond motifs is 1. The molecule has 0 amide bonds. The summed E-state index contributed by atoms with van der Waals surface area (Å²) in [5.41, 5.74) is 0. The number of hydrogen-bond acceptors (Lipinski definition) is 5. The quantitative estimate of drug-likeness (QED) is 0.524. The van der Waals surface area contributed by atoms with Gasteiger partial charge in [0, 0.05) is 11.1 Å². The van der Waals surface area contributed by atoms with Gasteiger partial charge < -0.3 is 19.6 Å². The van der Waals surface area contributed by atoms with Crippen molar-refractivity contribution in [3.63, 3.8) is 0 Å². The molecule has 0 saturated carbocycles. The van der Waals surface area contributed by atoms with Crippen LogP contribution in [0.1, 0.15) is 13.8 Å². The minimum Gasteiger partial charge on any atom is -0.483 e. The summed E-state index contributed by atoms with van der Waals surface area (Å²) < 4.78 is 10.2. The van der Waals surface area contributed by atoms with Gasteiger partial charge in [0.1, 0.15) is 13.2 Å². The topological polar surface area (TPSA) is 74.5 Å². The van der Waals surface area contributed by atoms with Crippen molar-refractivity contribution < 1.29 is 14.4 Å². The molecule has 0 N–H and O–H groups in total. The summed E-state index contributed by atoms with van der Waals surface area (Å²) >= 11 is 0. The van der Waals surface area contributed by atoms with Gasteiger partial charge in [-0.2, -0.15) is 0 Å². The molecule has 15 heavy (non-hydrogen) atoms. The van der Waals surface area contributed by atoms with E-state index in [2.05, 4.69) is 4.98 Å². The van der Waals surface area contributed by atoms with Gasteiger partial charge in [0.25, 0.3) is 0 Å². The molecule has 0 spiro atoms. The third kappa shape index (κ3) is 2.55. The van der Waals surface area contributed by atoms with Crippen molar-refractivity contribution in [2.24, 2.45) is 0 Å². The Morgan fingerprint density at radius 1 is 1.33 bits per heavy atom. The minimum absolute atomic E-state index is 0.195. The Labute approximate surface area is 87.0 Å². The standard InChI is InChI=1S/C7H6N2O4.C2H6/c10-9(11)6-2-1-5-7(8-6)13-4-3-12-5;1-2/h1-2H,3-4H2;1-2H3. The van der Waals surface area contributed by atoms with Crippen LogP contribution in [0.2, 0.25) is 0 Å². The number of ether oxygens (including phenoxy) is 2. The summed E-state index contributed by atoms with van der Waals surface area (Å²) in [5.74, 6) is 0.418. The van der Waals surface area contributed by atoms with Crippen LogP contribution in [0.5, 0.6) is 11.6 Å². The van der Waals surface area contributed by atoms with E-state index < -0.39 is 4.92 Å². The van der Waals surface area contributed by atoms with Gasteiger partial charge in [0.05, 0.1) is 0 Å². The van der Waals surface area contributed by atoms with Gasteiger partial charge in [-0.25, -0.2) is 0 Å². The Morgan fingerprint density at radius 3 is 2.67 bits per heavy atom. The lowest BCUT2D eigenvalue weighted by atomic mass is 10.4. The van der Waals surface area contributed by atoms with E-state index in [1.807, 2.05) is 13.8 Å². The molecule has 0 aromatic carbocycles. The van der Waals surface area contributed by atoms with Gasteiger partial charge in [-0.3, -0.25) is 0 Å². The van der Waals surface area contributed by atoms with Crippen LogP contribution in [0.25, 0.3) is 0 Å². The number of rotatable bonds is 1. The fourth-order valence-corrected chi connectivity index (χ4v) is 1.02. The first-order valence-corrected chi connectivity index (χ1v) is 4.68. The monoisotopic (exact) mass is 212 g/mol. The van der Waals surface area contributed by atoms with Crippen LogP contribution in [0, 0.1) is 10.1 Å². The maximum Gasteiger partial charge on any atom is 0.371 e. The normalized spacial score (nSPS) is 12.4. The van der Waals surface area contributed by atoms with Gasteiger partial charge in [-0.15, -0.1) is 0 Å². The third-order valence-electron chi connectivity index (χ3n) is 1.58. The van der Waals surface area contributed by atoms with E-state index in [9.17, 15) is 10.1 Å². The second kappa shape index (κ2) is 5.14. The van der Waals surface area contributed by atoms with Crippen molar-refractivity contribution in [2.75, 3.05) is 13.2 Å². The fraction of sp³-hybridized carbons (Fsp3) is 0.444. The Hall–Kier alpha value is -1.85. The van der Waals surface area contributed by atoms with Crippen LogP contribution < -0.4 is 9.47 Å². The van der Waals surface area contributed by atoms with Crippen molar-refractivity contribution >= 4 is 5.82 Å². The highest BCUT2D eigenvalue weighted by molar-refractivity contribution is 5.39. The molecule has 2 rings (SSSR count). The summed E-state index contributed by atoms with van der Waals surface area (Å²) in [6.07, 6.45) is 0. The van der Waals surface area contributed by atoms with E-state index >= 15 is 0 Å². The number of nitrogens with zero attached hydrogens (tertiary/aromatic N) is 2. The summed E-state index contributed by atoms with van der Waals surface area (Å²) in [6.45, 7) is 4.83. The van der Waals surface area contributed by atoms with Crippen LogP contribution in [0.15, 0.2) is 12.1 Å². The number of nitro groups is 1. The molecule has 0 unspecified atom stereocenters. The van der Waals surface area contributed by atoms with E-state index in [4.69, 9.17) is 9.47 Å². The lowest BCUT2D eigenvalue weighted by Crippen LogP contribution is -2.16. The first kappa shape index (κ1) is 11.2. The van der Waals surface area contributed by atoms with E-state index in [1.54, 1.807) is 0 Å². The number of pyridine rings is 1. The van der Waals surface area contributed by atoms with Crippen molar-refractivity contribution in [1.29, 1.82) is 0 Å². The molecule has 1 aliphatic rings. The van der Waals surface area contributed by atoms with Gasteiger partial charge in [-0.1, -0.05) is 13.8 Å². The van der Waals surface area contributed by atoms with Crippen LogP contribution in [-0.2, 0) is 0 Å². The molecule has 1 aromatic rings.